The lowest BCUT2D eigenvalue weighted by molar-refractivity contribution is 0.120. The molecule has 7 heteroatoms. The van der Waals surface area contributed by atoms with Crippen molar-refractivity contribution in [3.8, 4) is 17.0 Å². The summed E-state index contributed by atoms with van der Waals surface area (Å²) in [6.45, 7) is 4.02. The van der Waals surface area contributed by atoms with Gasteiger partial charge >= 0.3 is 0 Å². The van der Waals surface area contributed by atoms with Gasteiger partial charge in [-0.25, -0.2) is 4.98 Å². The number of ether oxygens (including phenoxy) is 2. The van der Waals surface area contributed by atoms with E-state index in [-0.39, 0.29) is 11.7 Å². The molecular weight excluding hydrogens is 380 g/mol. The number of benzene rings is 1. The summed E-state index contributed by atoms with van der Waals surface area (Å²) in [4.78, 5) is 20.7. The molecule has 30 heavy (non-hydrogen) atoms. The van der Waals surface area contributed by atoms with E-state index >= 15 is 0 Å². The summed E-state index contributed by atoms with van der Waals surface area (Å²) >= 11 is 0. The van der Waals surface area contributed by atoms with Gasteiger partial charge < -0.3 is 19.8 Å². The van der Waals surface area contributed by atoms with E-state index in [2.05, 4.69) is 10.3 Å². The zero-order chi connectivity index (χ0) is 20.5. The molecule has 7 nitrogen and oxygen atoms in total. The monoisotopic (exact) mass is 404 g/mol. The lowest BCUT2D eigenvalue weighted by Gasteiger charge is -2.13. The van der Waals surface area contributed by atoms with Crippen molar-refractivity contribution in [2.24, 2.45) is 0 Å². The first kappa shape index (κ1) is 18.7. The van der Waals surface area contributed by atoms with Gasteiger partial charge in [-0.1, -0.05) is 6.07 Å². The molecule has 0 radical (unpaired) electrons. The predicted molar refractivity (Wildman–Crippen MR) is 117 cm³/mol. The Balaban J connectivity index is 1.62. The van der Waals surface area contributed by atoms with Crippen LogP contribution in [-0.2, 0) is 4.74 Å². The third-order valence-electron chi connectivity index (χ3n) is 5.43. The molecule has 1 aliphatic heterocycles. The van der Waals surface area contributed by atoms with E-state index in [1.807, 2.05) is 60.0 Å². The summed E-state index contributed by atoms with van der Waals surface area (Å²) in [6.07, 6.45) is 4.25. The van der Waals surface area contributed by atoms with Gasteiger partial charge in [0.15, 0.2) is 0 Å². The molecule has 1 unspecified atom stereocenters. The van der Waals surface area contributed by atoms with Crippen LogP contribution in [0, 0.1) is 0 Å². The van der Waals surface area contributed by atoms with Gasteiger partial charge in [0, 0.05) is 30.3 Å². The van der Waals surface area contributed by atoms with E-state index in [0.29, 0.717) is 24.4 Å². The zero-order valence-corrected chi connectivity index (χ0v) is 16.9. The van der Waals surface area contributed by atoms with Gasteiger partial charge in [0.05, 0.1) is 18.3 Å². The van der Waals surface area contributed by atoms with E-state index in [4.69, 9.17) is 14.5 Å². The highest BCUT2D eigenvalue weighted by Crippen LogP contribution is 2.29. The minimum Gasteiger partial charge on any atom is -0.494 e. The normalized spacial score (nSPS) is 16.4. The molecule has 1 atom stereocenters. The van der Waals surface area contributed by atoms with Gasteiger partial charge in [0.1, 0.15) is 22.9 Å². The van der Waals surface area contributed by atoms with Crippen molar-refractivity contribution < 1.29 is 9.47 Å². The van der Waals surface area contributed by atoms with Crippen molar-refractivity contribution in [1.82, 2.24) is 14.4 Å². The first-order chi connectivity index (χ1) is 14.7. The van der Waals surface area contributed by atoms with Crippen molar-refractivity contribution >= 4 is 22.4 Å². The Morgan fingerprint density at radius 3 is 3.07 bits per heavy atom. The molecule has 1 fully saturated rings. The average molecular weight is 404 g/mol. The largest absolute Gasteiger partial charge is 0.494 e. The quantitative estimate of drug-likeness (QED) is 0.510. The van der Waals surface area contributed by atoms with Crippen LogP contribution in [0.4, 0.5) is 5.82 Å². The standard InChI is InChI=1S/C23H24N4O3/c1-2-29-16-8-9-19-15(12-16)13-18(23(28)25-19)21-22(24-14-17-6-5-11-30-17)27-10-4-3-7-20(27)26-21/h3-4,7-10,12-13,17,24H,2,5-6,11,14H2,1H3,(H,25,28). The fourth-order valence-corrected chi connectivity index (χ4v) is 3.99. The fourth-order valence-electron chi connectivity index (χ4n) is 3.99. The number of fused-ring (bicyclic) bond motifs is 2. The van der Waals surface area contributed by atoms with E-state index in [1.165, 1.54) is 0 Å². The minimum absolute atomic E-state index is 0.171. The van der Waals surface area contributed by atoms with Crippen LogP contribution in [0.3, 0.4) is 0 Å². The fraction of sp³-hybridized carbons (Fsp3) is 0.304. The maximum absolute atomic E-state index is 12.9. The molecule has 5 rings (SSSR count). The summed E-state index contributed by atoms with van der Waals surface area (Å²) in [7, 11) is 0. The highest BCUT2D eigenvalue weighted by atomic mass is 16.5. The van der Waals surface area contributed by atoms with Crippen molar-refractivity contribution in [1.29, 1.82) is 0 Å². The number of hydrogen-bond donors (Lipinski definition) is 2. The number of H-pyrrole nitrogens is 1. The van der Waals surface area contributed by atoms with Crippen LogP contribution in [-0.4, -0.2) is 40.2 Å². The third-order valence-corrected chi connectivity index (χ3v) is 5.43. The van der Waals surface area contributed by atoms with E-state index < -0.39 is 0 Å². The SMILES string of the molecule is CCOc1ccc2[nH]c(=O)c(-c3nc4ccccn4c3NCC3CCCO3)cc2c1. The van der Waals surface area contributed by atoms with Crippen LogP contribution in [0.25, 0.3) is 27.8 Å². The molecule has 0 amide bonds. The summed E-state index contributed by atoms with van der Waals surface area (Å²) in [6, 6.07) is 13.4. The molecule has 1 saturated heterocycles. The Morgan fingerprint density at radius 1 is 1.30 bits per heavy atom. The van der Waals surface area contributed by atoms with Gasteiger partial charge in [-0.2, -0.15) is 0 Å². The minimum atomic E-state index is -0.171. The van der Waals surface area contributed by atoms with E-state index in [9.17, 15) is 4.79 Å². The van der Waals surface area contributed by atoms with Gasteiger partial charge in [-0.3, -0.25) is 9.20 Å². The Morgan fingerprint density at radius 2 is 2.23 bits per heavy atom. The van der Waals surface area contributed by atoms with Crippen LogP contribution in [0.2, 0.25) is 0 Å². The van der Waals surface area contributed by atoms with Crippen molar-refractivity contribution in [2.75, 3.05) is 25.1 Å². The molecule has 1 aliphatic rings. The summed E-state index contributed by atoms with van der Waals surface area (Å²) in [5.41, 5.74) is 2.53. The number of nitrogens with zero attached hydrogens (tertiary/aromatic N) is 2. The maximum Gasteiger partial charge on any atom is 0.258 e. The number of aromatic amines is 1. The van der Waals surface area contributed by atoms with Gasteiger partial charge in [-0.15, -0.1) is 0 Å². The molecule has 1 aromatic carbocycles. The smallest absolute Gasteiger partial charge is 0.258 e. The third kappa shape index (κ3) is 3.41. The number of anilines is 1. The van der Waals surface area contributed by atoms with Gasteiger partial charge in [0.25, 0.3) is 5.56 Å². The number of nitrogens with one attached hydrogen (secondary N) is 2. The van der Waals surface area contributed by atoms with Gasteiger partial charge in [-0.05, 0) is 56.2 Å². The van der Waals surface area contributed by atoms with Crippen molar-refractivity contribution in [2.45, 2.75) is 25.9 Å². The van der Waals surface area contributed by atoms with Crippen LogP contribution in [0.15, 0.2) is 53.5 Å². The maximum atomic E-state index is 12.9. The summed E-state index contributed by atoms with van der Waals surface area (Å²) in [5.74, 6) is 1.57. The molecule has 154 valence electrons. The van der Waals surface area contributed by atoms with Gasteiger partial charge in [0.2, 0.25) is 0 Å². The Bertz CT molecular complexity index is 1250. The average Bonchev–Trinajstić information content (AvgIpc) is 3.40. The molecule has 0 aliphatic carbocycles. The summed E-state index contributed by atoms with van der Waals surface area (Å²) in [5, 5.41) is 4.38. The first-order valence-electron chi connectivity index (χ1n) is 10.4. The number of hydrogen-bond acceptors (Lipinski definition) is 5. The second-order valence-corrected chi connectivity index (χ2v) is 7.45. The lowest BCUT2D eigenvalue weighted by atomic mass is 10.1. The number of rotatable bonds is 6. The number of aromatic nitrogens is 3. The van der Waals surface area contributed by atoms with E-state index in [0.717, 1.165) is 47.6 Å². The molecule has 0 saturated carbocycles. The van der Waals surface area contributed by atoms with Crippen LogP contribution in [0.5, 0.6) is 5.75 Å². The zero-order valence-electron chi connectivity index (χ0n) is 16.9. The Labute approximate surface area is 173 Å². The predicted octanol–water partition coefficient (Wildman–Crippen LogP) is 3.83. The highest BCUT2D eigenvalue weighted by Gasteiger charge is 2.20. The van der Waals surface area contributed by atoms with Crippen molar-refractivity contribution in [3.05, 3.63) is 59.0 Å². The molecule has 2 N–H and O–H groups in total. The molecule has 4 heterocycles. The lowest BCUT2D eigenvalue weighted by Crippen LogP contribution is -2.20. The second kappa shape index (κ2) is 7.84. The Kier molecular flexibility index (Phi) is 4.88. The van der Waals surface area contributed by atoms with Crippen LogP contribution < -0.4 is 15.6 Å². The van der Waals surface area contributed by atoms with Crippen molar-refractivity contribution in [3.63, 3.8) is 0 Å². The number of pyridine rings is 2. The molecule has 4 aromatic rings. The van der Waals surface area contributed by atoms with Crippen LogP contribution >= 0.6 is 0 Å². The highest BCUT2D eigenvalue weighted by molar-refractivity contribution is 5.87. The van der Waals surface area contributed by atoms with E-state index in [1.54, 1.807) is 0 Å². The number of imidazole rings is 1. The molecular formula is C23H24N4O3. The second-order valence-electron chi connectivity index (χ2n) is 7.45. The topological polar surface area (TPSA) is 80.7 Å². The first-order valence-corrected chi connectivity index (χ1v) is 10.4. The molecule has 3 aromatic heterocycles. The van der Waals surface area contributed by atoms with Crippen LogP contribution in [0.1, 0.15) is 19.8 Å². The Hall–Kier alpha value is -3.32. The molecule has 0 bridgehead atoms. The molecule has 0 spiro atoms. The summed E-state index contributed by atoms with van der Waals surface area (Å²) < 4.78 is 13.3.